The van der Waals surface area contributed by atoms with E-state index in [0.29, 0.717) is 0 Å². The summed E-state index contributed by atoms with van der Waals surface area (Å²) in [7, 11) is 0. The second-order valence-corrected chi connectivity index (χ2v) is 6.12. The lowest BCUT2D eigenvalue weighted by atomic mass is 10.2. The maximum atomic E-state index is 4.55. The number of nitrogens with zero attached hydrogens (tertiary/aromatic N) is 3. The smallest absolute Gasteiger partial charge is 0.135 e. The van der Waals surface area contributed by atoms with E-state index in [4.69, 9.17) is 0 Å². The molecular weight excluding hydrogens is 382 g/mol. The van der Waals surface area contributed by atoms with Crippen LogP contribution >= 0.6 is 31.9 Å². The number of hydrogen-bond acceptors (Lipinski definition) is 3. The van der Waals surface area contributed by atoms with Crippen molar-refractivity contribution in [3.63, 3.8) is 0 Å². The van der Waals surface area contributed by atoms with Crippen molar-refractivity contribution in [2.24, 2.45) is 0 Å². The Kier molecular flexibility index (Phi) is 5.98. The predicted octanol–water partition coefficient (Wildman–Crippen LogP) is 5.33. The van der Waals surface area contributed by atoms with Crippen LogP contribution in [0.2, 0.25) is 0 Å². The summed E-state index contributed by atoms with van der Waals surface area (Å²) in [6, 6.07) is 11.9. The molecule has 106 valence electrons. The Hall–Kier alpha value is -0.940. The van der Waals surface area contributed by atoms with Gasteiger partial charge in [0.25, 0.3) is 0 Å². The number of anilines is 2. The van der Waals surface area contributed by atoms with Crippen LogP contribution in [0.25, 0.3) is 0 Å². The molecule has 2 heterocycles. The lowest BCUT2D eigenvalue weighted by molar-refractivity contribution is 0.709. The number of unbranched alkanes of at least 4 members (excludes halogenated alkanes) is 2. The third kappa shape index (κ3) is 4.28. The molecular formula is C15H17Br2N3. The summed E-state index contributed by atoms with van der Waals surface area (Å²) in [6.45, 7) is 3.12. The SMILES string of the molecule is CCCCCN(c1cccc(Br)n1)c1cccc(Br)n1. The first-order chi connectivity index (χ1) is 9.70. The quantitative estimate of drug-likeness (QED) is 0.486. The van der Waals surface area contributed by atoms with Crippen molar-refractivity contribution in [3.05, 3.63) is 45.6 Å². The van der Waals surface area contributed by atoms with Crippen LogP contribution in [0, 0.1) is 0 Å². The first-order valence-corrected chi connectivity index (χ1v) is 8.32. The number of hydrogen-bond donors (Lipinski definition) is 0. The molecule has 0 saturated heterocycles. The van der Waals surface area contributed by atoms with Gasteiger partial charge in [-0.15, -0.1) is 0 Å². The van der Waals surface area contributed by atoms with Crippen molar-refractivity contribution in [2.75, 3.05) is 11.4 Å². The lowest BCUT2D eigenvalue weighted by Crippen LogP contribution is -2.20. The second kappa shape index (κ2) is 7.74. The Morgan fingerprint density at radius 2 is 1.45 bits per heavy atom. The molecule has 0 atom stereocenters. The average Bonchev–Trinajstić information content (AvgIpc) is 2.43. The van der Waals surface area contributed by atoms with Gasteiger partial charge in [-0.2, -0.15) is 0 Å². The molecule has 2 rings (SSSR count). The van der Waals surface area contributed by atoms with Gasteiger partial charge in [-0.3, -0.25) is 0 Å². The van der Waals surface area contributed by atoms with E-state index in [1.54, 1.807) is 0 Å². The largest absolute Gasteiger partial charge is 0.311 e. The Morgan fingerprint density at radius 1 is 0.900 bits per heavy atom. The van der Waals surface area contributed by atoms with Gasteiger partial charge in [0.2, 0.25) is 0 Å². The number of aromatic nitrogens is 2. The second-order valence-electron chi connectivity index (χ2n) is 4.50. The van der Waals surface area contributed by atoms with Gasteiger partial charge >= 0.3 is 0 Å². The minimum absolute atomic E-state index is 0.838. The average molecular weight is 399 g/mol. The van der Waals surface area contributed by atoms with E-state index < -0.39 is 0 Å². The molecule has 2 aromatic heterocycles. The summed E-state index contributed by atoms with van der Waals surface area (Å²) < 4.78 is 1.68. The van der Waals surface area contributed by atoms with Crippen molar-refractivity contribution in [3.8, 4) is 0 Å². The molecule has 0 unspecified atom stereocenters. The molecule has 0 aliphatic carbocycles. The maximum Gasteiger partial charge on any atom is 0.135 e. The molecule has 0 aliphatic heterocycles. The topological polar surface area (TPSA) is 29.0 Å². The highest BCUT2D eigenvalue weighted by atomic mass is 79.9. The van der Waals surface area contributed by atoms with Crippen molar-refractivity contribution in [2.45, 2.75) is 26.2 Å². The normalized spacial score (nSPS) is 10.6. The molecule has 0 N–H and O–H groups in total. The Morgan fingerprint density at radius 3 is 1.90 bits per heavy atom. The van der Waals surface area contributed by atoms with Crippen LogP contribution < -0.4 is 4.90 Å². The molecule has 5 heteroatoms. The molecule has 2 aromatic rings. The first-order valence-electron chi connectivity index (χ1n) is 6.73. The van der Waals surface area contributed by atoms with Crippen LogP contribution in [0.3, 0.4) is 0 Å². The fourth-order valence-corrected chi connectivity index (χ4v) is 2.63. The van der Waals surface area contributed by atoms with E-state index in [9.17, 15) is 0 Å². The molecule has 0 spiro atoms. The zero-order chi connectivity index (χ0) is 14.4. The monoisotopic (exact) mass is 397 g/mol. The molecule has 0 saturated carbocycles. The zero-order valence-electron chi connectivity index (χ0n) is 11.4. The highest BCUT2D eigenvalue weighted by molar-refractivity contribution is 9.10. The van der Waals surface area contributed by atoms with E-state index in [0.717, 1.165) is 33.8 Å². The van der Waals surface area contributed by atoms with Crippen LogP contribution in [0.15, 0.2) is 45.6 Å². The predicted molar refractivity (Wildman–Crippen MR) is 90.4 cm³/mol. The van der Waals surface area contributed by atoms with Crippen molar-refractivity contribution in [1.29, 1.82) is 0 Å². The highest BCUT2D eigenvalue weighted by Crippen LogP contribution is 2.25. The van der Waals surface area contributed by atoms with E-state index in [2.05, 4.69) is 53.7 Å². The first kappa shape index (κ1) is 15.4. The Bertz CT molecular complexity index is 515. The molecule has 0 fully saturated rings. The van der Waals surface area contributed by atoms with Crippen LogP contribution in [0.1, 0.15) is 26.2 Å². The summed E-state index contributed by atoms with van der Waals surface area (Å²) in [5.41, 5.74) is 0. The summed E-state index contributed by atoms with van der Waals surface area (Å²) in [5, 5.41) is 0. The molecule has 20 heavy (non-hydrogen) atoms. The lowest BCUT2D eigenvalue weighted by Gasteiger charge is -2.23. The van der Waals surface area contributed by atoms with Gasteiger partial charge in [0, 0.05) is 6.54 Å². The highest BCUT2D eigenvalue weighted by Gasteiger charge is 2.12. The maximum absolute atomic E-state index is 4.55. The third-order valence-corrected chi connectivity index (χ3v) is 3.82. The van der Waals surface area contributed by atoms with Gasteiger partial charge in [-0.05, 0) is 62.5 Å². The van der Waals surface area contributed by atoms with Gasteiger partial charge in [0.1, 0.15) is 20.8 Å². The van der Waals surface area contributed by atoms with Gasteiger partial charge in [0.15, 0.2) is 0 Å². The summed E-state index contributed by atoms with van der Waals surface area (Å²) in [4.78, 5) is 11.2. The van der Waals surface area contributed by atoms with Crippen LogP contribution in [0.4, 0.5) is 11.6 Å². The van der Waals surface area contributed by atoms with E-state index in [1.165, 1.54) is 12.8 Å². The summed E-state index contributed by atoms with van der Waals surface area (Å²) in [6.07, 6.45) is 3.53. The van der Waals surface area contributed by atoms with Gasteiger partial charge in [0.05, 0.1) is 0 Å². The Labute approximate surface area is 136 Å². The van der Waals surface area contributed by atoms with Crippen molar-refractivity contribution < 1.29 is 0 Å². The van der Waals surface area contributed by atoms with Crippen molar-refractivity contribution >= 4 is 43.5 Å². The van der Waals surface area contributed by atoms with Crippen molar-refractivity contribution in [1.82, 2.24) is 9.97 Å². The fraction of sp³-hybridized carbons (Fsp3) is 0.333. The number of halogens is 2. The summed E-state index contributed by atoms with van der Waals surface area (Å²) >= 11 is 6.86. The van der Waals surface area contributed by atoms with Gasteiger partial charge in [-0.1, -0.05) is 31.9 Å². The molecule has 0 amide bonds. The van der Waals surface area contributed by atoms with E-state index >= 15 is 0 Å². The third-order valence-electron chi connectivity index (χ3n) is 2.94. The minimum atomic E-state index is 0.838. The zero-order valence-corrected chi connectivity index (χ0v) is 14.6. The standard InChI is InChI=1S/C15H17Br2N3/c1-2-3-4-11-20(14-9-5-7-12(16)18-14)15-10-6-8-13(17)19-15/h5-10H,2-4,11H2,1H3. The summed E-state index contributed by atoms with van der Waals surface area (Å²) in [5.74, 6) is 1.84. The van der Waals surface area contributed by atoms with Gasteiger partial charge in [-0.25, -0.2) is 9.97 Å². The molecule has 3 nitrogen and oxygen atoms in total. The van der Waals surface area contributed by atoms with Crippen LogP contribution in [-0.4, -0.2) is 16.5 Å². The molecule has 0 radical (unpaired) electrons. The minimum Gasteiger partial charge on any atom is -0.311 e. The van der Waals surface area contributed by atoms with Crippen LogP contribution in [0.5, 0.6) is 0 Å². The molecule has 0 bridgehead atoms. The molecule has 0 aliphatic rings. The van der Waals surface area contributed by atoms with Crippen LogP contribution in [-0.2, 0) is 0 Å². The number of rotatable bonds is 6. The van der Waals surface area contributed by atoms with E-state index in [1.807, 2.05) is 36.4 Å². The van der Waals surface area contributed by atoms with E-state index in [-0.39, 0.29) is 0 Å². The Balaban J connectivity index is 2.29. The number of pyridine rings is 2. The fourth-order valence-electron chi connectivity index (χ4n) is 1.96. The molecule has 0 aromatic carbocycles. The van der Waals surface area contributed by atoms with Gasteiger partial charge < -0.3 is 4.90 Å².